The highest BCUT2D eigenvalue weighted by molar-refractivity contribution is 7.89. The zero-order chi connectivity index (χ0) is 19.2. The van der Waals surface area contributed by atoms with Gasteiger partial charge in [0.2, 0.25) is 21.8 Å². The van der Waals surface area contributed by atoms with Crippen LogP contribution in [0.15, 0.2) is 11.8 Å². The fourth-order valence-corrected chi connectivity index (χ4v) is 4.13. The molecule has 0 radical (unpaired) electrons. The first-order valence-electron chi connectivity index (χ1n) is 7.33. The number of sulfonamides is 1. The maximum absolute atomic E-state index is 12.0. The number of nitrogens with two attached hydrogens (primary N) is 2. The number of carboxylic acids is 1. The Morgan fingerprint density at radius 1 is 1.44 bits per heavy atom. The van der Waals surface area contributed by atoms with E-state index in [1.807, 2.05) is 0 Å². The lowest BCUT2D eigenvalue weighted by Crippen LogP contribution is -2.66. The number of aliphatic hydroxyl groups excluding tert-OH is 1. The Hall–Kier alpha value is -2.18. The molecule has 1 heterocycles. The summed E-state index contributed by atoms with van der Waals surface area (Å²) in [4.78, 5) is 37.1. The molecule has 11 nitrogen and oxygen atoms in total. The fraction of sp³-hybridized carbons (Fsp3) is 0.615. The summed E-state index contributed by atoms with van der Waals surface area (Å²) in [6.45, 7) is 0.112. The molecule has 1 aliphatic heterocycles. The highest BCUT2D eigenvalue weighted by atomic mass is 32.2. The summed E-state index contributed by atoms with van der Waals surface area (Å²) >= 11 is 0. The van der Waals surface area contributed by atoms with E-state index < -0.39 is 57.0 Å². The normalized spacial score (nSPS) is 31.9. The molecule has 0 aromatic heterocycles. The first-order chi connectivity index (χ1) is 11.4. The van der Waals surface area contributed by atoms with E-state index in [4.69, 9.17) is 10.9 Å². The van der Waals surface area contributed by atoms with E-state index in [2.05, 4.69) is 5.32 Å². The summed E-state index contributed by atoms with van der Waals surface area (Å²) in [7, 11) is -2.60. The Kier molecular flexibility index (Phi) is 4.81. The van der Waals surface area contributed by atoms with Crippen molar-refractivity contribution in [2.75, 3.05) is 19.3 Å². The van der Waals surface area contributed by atoms with Crippen molar-refractivity contribution in [1.29, 1.82) is 0 Å². The van der Waals surface area contributed by atoms with Crippen LogP contribution < -0.4 is 16.2 Å². The second-order valence-corrected chi connectivity index (χ2v) is 8.00. The van der Waals surface area contributed by atoms with Crippen LogP contribution >= 0.6 is 0 Å². The van der Waals surface area contributed by atoms with Crippen molar-refractivity contribution in [3.63, 3.8) is 0 Å². The van der Waals surface area contributed by atoms with Gasteiger partial charge in [0.05, 0.1) is 6.10 Å². The van der Waals surface area contributed by atoms with E-state index in [0.29, 0.717) is 0 Å². The van der Waals surface area contributed by atoms with Gasteiger partial charge in [-0.3, -0.25) is 9.59 Å². The van der Waals surface area contributed by atoms with Gasteiger partial charge in [-0.25, -0.2) is 18.4 Å². The van der Waals surface area contributed by atoms with Gasteiger partial charge >= 0.3 is 5.97 Å². The second-order valence-electron chi connectivity index (χ2n) is 6.38. The van der Waals surface area contributed by atoms with Gasteiger partial charge < -0.3 is 26.2 Å². The number of carboxylic acid groups (broad SMARTS) is 1. The molecule has 0 aromatic carbocycles. The van der Waals surface area contributed by atoms with Crippen molar-refractivity contribution in [3.05, 3.63) is 11.8 Å². The van der Waals surface area contributed by atoms with E-state index in [0.717, 1.165) is 0 Å². The van der Waals surface area contributed by atoms with Crippen LogP contribution in [0.25, 0.3) is 0 Å². The van der Waals surface area contributed by atoms with Crippen LogP contribution in [-0.4, -0.2) is 72.3 Å². The lowest BCUT2D eigenvalue weighted by Gasteiger charge is -2.40. The number of aliphatic carboxylic acids is 1. The average molecular weight is 376 g/mol. The highest BCUT2D eigenvalue weighted by Gasteiger charge is 2.62. The topological polar surface area (TPSA) is 193 Å². The minimum atomic E-state index is -4.18. The first-order valence-corrected chi connectivity index (χ1v) is 9.04. The van der Waals surface area contributed by atoms with E-state index in [9.17, 15) is 33.0 Å². The largest absolute Gasteiger partial charge is 0.479 e. The van der Waals surface area contributed by atoms with Gasteiger partial charge in [-0.2, -0.15) is 0 Å². The molecule has 4 atom stereocenters. The number of primary sulfonamides is 1. The molecule has 0 unspecified atom stereocenters. The molecule has 1 saturated carbocycles. The number of hydrogen-bond acceptors (Lipinski definition) is 7. The maximum Gasteiger partial charge on any atom is 0.332 e. The molecule has 0 aromatic rings. The highest BCUT2D eigenvalue weighted by Crippen LogP contribution is 2.46. The third-order valence-corrected chi connectivity index (χ3v) is 5.30. The van der Waals surface area contributed by atoms with Gasteiger partial charge in [-0.05, 0) is 6.42 Å². The molecular formula is C13H20N4O7S. The number of aliphatic hydroxyl groups is 1. The summed E-state index contributed by atoms with van der Waals surface area (Å²) in [5.41, 5.74) is 3.32. The van der Waals surface area contributed by atoms with Gasteiger partial charge in [-0.15, -0.1) is 0 Å². The van der Waals surface area contributed by atoms with Gasteiger partial charge in [0.25, 0.3) is 0 Å². The van der Waals surface area contributed by atoms with Crippen molar-refractivity contribution in [3.8, 4) is 0 Å². The van der Waals surface area contributed by atoms with Crippen LogP contribution in [0.1, 0.15) is 6.42 Å². The summed E-state index contributed by atoms with van der Waals surface area (Å²) in [5.74, 6) is -6.14. The Morgan fingerprint density at radius 2 is 2.04 bits per heavy atom. The van der Waals surface area contributed by atoms with Crippen LogP contribution in [0.3, 0.4) is 0 Å². The third-order valence-electron chi connectivity index (χ3n) is 4.63. The molecule has 2 aliphatic rings. The SMILES string of the molecule is CN1C=C(C(N)=O)[C@@H]2C[C@H](O)[C@@](NC(=O)CS(N)(=O)=O)(C(=O)O)[C@@H]2C1. The molecule has 1 fully saturated rings. The number of carbonyl (C=O) groups excluding carboxylic acids is 2. The van der Waals surface area contributed by atoms with E-state index >= 15 is 0 Å². The molecule has 1 aliphatic carbocycles. The van der Waals surface area contributed by atoms with Crippen molar-refractivity contribution in [1.82, 2.24) is 10.2 Å². The number of nitrogens with zero attached hydrogens (tertiary/aromatic N) is 1. The summed E-state index contributed by atoms with van der Waals surface area (Å²) in [5, 5.41) is 27.0. The first kappa shape index (κ1) is 19.1. The number of hydrogen-bond donors (Lipinski definition) is 5. The maximum atomic E-state index is 12.0. The van der Waals surface area contributed by atoms with Gasteiger partial charge in [0, 0.05) is 37.2 Å². The summed E-state index contributed by atoms with van der Waals surface area (Å²) in [6.07, 6.45) is -0.186. The molecule has 0 bridgehead atoms. The van der Waals surface area contributed by atoms with Crippen LogP contribution in [0.5, 0.6) is 0 Å². The van der Waals surface area contributed by atoms with Crippen molar-refractivity contribution < 1.29 is 33.0 Å². The molecule has 2 rings (SSSR count). The summed E-state index contributed by atoms with van der Waals surface area (Å²) in [6, 6.07) is 0. The number of fused-ring (bicyclic) bond motifs is 1. The molecular weight excluding hydrogens is 356 g/mol. The number of rotatable bonds is 5. The van der Waals surface area contributed by atoms with Crippen LogP contribution in [0.4, 0.5) is 0 Å². The van der Waals surface area contributed by atoms with Gasteiger partial charge in [-0.1, -0.05) is 0 Å². The van der Waals surface area contributed by atoms with Crippen molar-refractivity contribution in [2.45, 2.75) is 18.1 Å². The molecule has 0 spiro atoms. The minimum absolute atomic E-state index is 0.112. The molecule has 25 heavy (non-hydrogen) atoms. The van der Waals surface area contributed by atoms with Crippen molar-refractivity contribution >= 4 is 27.8 Å². The Balaban J connectivity index is 2.44. The lowest BCUT2D eigenvalue weighted by molar-refractivity contribution is -0.154. The standard InChI is InChI=1S/C13H20N4O7S/c1-17-3-7(11(14)20)6-2-9(18)13(12(21)22,8(6)4-17)16-10(19)5-25(15,23)24/h3,6,8-9,18H,2,4-5H2,1H3,(H2,14,20)(H,16,19)(H,21,22)(H2,15,23,24)/t6-,8+,9-,13+/m0/s1. The Morgan fingerprint density at radius 3 is 2.52 bits per heavy atom. The Labute approximate surface area is 143 Å². The van der Waals surface area contributed by atoms with Gasteiger partial charge in [0.1, 0.15) is 5.75 Å². The number of carbonyl (C=O) groups is 3. The fourth-order valence-electron chi connectivity index (χ4n) is 3.69. The molecule has 140 valence electrons. The summed E-state index contributed by atoms with van der Waals surface area (Å²) < 4.78 is 22.2. The van der Waals surface area contributed by atoms with Crippen molar-refractivity contribution in [2.24, 2.45) is 22.7 Å². The van der Waals surface area contributed by atoms with Crippen LogP contribution in [-0.2, 0) is 24.4 Å². The molecule has 12 heteroatoms. The zero-order valence-corrected chi connectivity index (χ0v) is 14.2. The smallest absolute Gasteiger partial charge is 0.332 e. The van der Waals surface area contributed by atoms with E-state index in [1.165, 1.54) is 11.1 Å². The number of amides is 2. The van der Waals surface area contributed by atoms with Crippen LogP contribution in [0, 0.1) is 11.8 Å². The Bertz CT molecular complexity index is 749. The predicted molar refractivity (Wildman–Crippen MR) is 84.0 cm³/mol. The quantitative estimate of drug-likeness (QED) is 0.326. The minimum Gasteiger partial charge on any atom is -0.479 e. The number of nitrogens with one attached hydrogen (secondary N) is 1. The second kappa shape index (κ2) is 6.28. The lowest BCUT2D eigenvalue weighted by atomic mass is 9.77. The average Bonchev–Trinajstić information content (AvgIpc) is 2.69. The monoisotopic (exact) mass is 376 g/mol. The molecule has 7 N–H and O–H groups in total. The van der Waals surface area contributed by atoms with E-state index in [-0.39, 0.29) is 18.5 Å². The van der Waals surface area contributed by atoms with Crippen LogP contribution in [0.2, 0.25) is 0 Å². The predicted octanol–water partition coefficient (Wildman–Crippen LogP) is -3.47. The molecule has 2 amide bonds. The molecule has 0 saturated heterocycles. The third kappa shape index (κ3) is 3.45. The zero-order valence-electron chi connectivity index (χ0n) is 13.4. The van der Waals surface area contributed by atoms with Gasteiger partial charge in [0.15, 0.2) is 5.54 Å². The number of primary amides is 1. The van der Waals surface area contributed by atoms with E-state index in [1.54, 1.807) is 7.05 Å².